The summed E-state index contributed by atoms with van der Waals surface area (Å²) in [5, 5.41) is 5.65. The van der Waals surface area contributed by atoms with Gasteiger partial charge in [-0.05, 0) is 28.7 Å². The molecule has 144 valence electrons. The van der Waals surface area contributed by atoms with E-state index in [1.165, 1.54) is 17.3 Å². The van der Waals surface area contributed by atoms with Crippen molar-refractivity contribution in [2.45, 2.75) is 37.5 Å². The second-order valence-corrected chi connectivity index (χ2v) is 8.47. The molecule has 4 nitrogen and oxygen atoms in total. The zero-order chi connectivity index (χ0) is 19.7. The van der Waals surface area contributed by atoms with Crippen molar-refractivity contribution in [2.75, 3.05) is 18.8 Å². The van der Waals surface area contributed by atoms with Gasteiger partial charge in [-0.25, -0.2) is 0 Å². The van der Waals surface area contributed by atoms with E-state index in [0.717, 1.165) is 10.5 Å². The standard InChI is InChI=1S/C22H28N2O2S/c1-22(2,3)18-9-11-19(12-10-18)27-16-21(26)24-14-13-23-20(25)15-17-7-5-4-6-8-17/h4-12H,13-16H2,1-3H3,(H,23,25)(H,24,26). The third kappa shape index (κ3) is 7.87. The molecule has 0 unspecified atom stereocenters. The highest BCUT2D eigenvalue weighted by Crippen LogP contribution is 2.25. The summed E-state index contributed by atoms with van der Waals surface area (Å²) < 4.78 is 0. The van der Waals surface area contributed by atoms with Crippen LogP contribution < -0.4 is 10.6 Å². The molecular weight excluding hydrogens is 356 g/mol. The van der Waals surface area contributed by atoms with Crippen molar-refractivity contribution in [3.05, 3.63) is 65.7 Å². The van der Waals surface area contributed by atoms with E-state index in [1.807, 2.05) is 30.3 Å². The third-order valence-electron chi connectivity index (χ3n) is 4.07. The van der Waals surface area contributed by atoms with Gasteiger partial charge in [0.25, 0.3) is 0 Å². The number of amides is 2. The maximum absolute atomic E-state index is 11.9. The molecule has 2 rings (SSSR count). The molecule has 5 heteroatoms. The molecule has 0 bridgehead atoms. The molecule has 27 heavy (non-hydrogen) atoms. The van der Waals surface area contributed by atoms with Gasteiger partial charge in [-0.3, -0.25) is 9.59 Å². The number of hydrogen-bond donors (Lipinski definition) is 2. The summed E-state index contributed by atoms with van der Waals surface area (Å²) in [6, 6.07) is 17.9. The lowest BCUT2D eigenvalue weighted by Gasteiger charge is -2.19. The van der Waals surface area contributed by atoms with Gasteiger partial charge >= 0.3 is 0 Å². The van der Waals surface area contributed by atoms with Crippen LogP contribution in [-0.4, -0.2) is 30.7 Å². The molecule has 0 radical (unpaired) electrons. The molecule has 0 heterocycles. The van der Waals surface area contributed by atoms with Crippen LogP contribution in [0.5, 0.6) is 0 Å². The zero-order valence-electron chi connectivity index (χ0n) is 16.2. The largest absolute Gasteiger partial charge is 0.354 e. The molecule has 0 atom stereocenters. The van der Waals surface area contributed by atoms with Gasteiger partial charge in [-0.15, -0.1) is 11.8 Å². The van der Waals surface area contributed by atoms with Crippen molar-refractivity contribution >= 4 is 23.6 Å². The first-order valence-corrected chi connectivity index (χ1v) is 10.1. The Bertz CT molecular complexity index is 737. The molecule has 2 aromatic carbocycles. The van der Waals surface area contributed by atoms with E-state index in [9.17, 15) is 9.59 Å². The lowest BCUT2D eigenvalue weighted by atomic mass is 9.87. The Morgan fingerprint density at radius 3 is 2.04 bits per heavy atom. The van der Waals surface area contributed by atoms with Gasteiger partial charge in [-0.2, -0.15) is 0 Å². The van der Waals surface area contributed by atoms with Crippen LogP contribution >= 0.6 is 11.8 Å². The fourth-order valence-corrected chi connectivity index (χ4v) is 3.23. The highest BCUT2D eigenvalue weighted by molar-refractivity contribution is 8.00. The van der Waals surface area contributed by atoms with Crippen LogP contribution in [0.3, 0.4) is 0 Å². The number of hydrogen-bond acceptors (Lipinski definition) is 3. The van der Waals surface area contributed by atoms with Crippen LogP contribution in [0.25, 0.3) is 0 Å². The van der Waals surface area contributed by atoms with Gasteiger partial charge in [0.1, 0.15) is 0 Å². The fourth-order valence-electron chi connectivity index (χ4n) is 2.50. The minimum Gasteiger partial charge on any atom is -0.354 e. The van der Waals surface area contributed by atoms with E-state index < -0.39 is 0 Å². The Balaban J connectivity index is 1.61. The van der Waals surface area contributed by atoms with Gasteiger partial charge in [0.05, 0.1) is 12.2 Å². The van der Waals surface area contributed by atoms with E-state index in [2.05, 4.69) is 55.7 Å². The Kier molecular flexibility index (Phi) is 7.92. The van der Waals surface area contributed by atoms with Gasteiger partial charge in [0.2, 0.25) is 11.8 Å². The van der Waals surface area contributed by atoms with Crippen molar-refractivity contribution in [1.82, 2.24) is 10.6 Å². The average Bonchev–Trinajstić information content (AvgIpc) is 2.64. The summed E-state index contributed by atoms with van der Waals surface area (Å²) in [5.41, 5.74) is 2.39. The molecule has 2 aromatic rings. The number of thioether (sulfide) groups is 1. The first-order valence-electron chi connectivity index (χ1n) is 9.15. The van der Waals surface area contributed by atoms with Crippen LogP contribution in [-0.2, 0) is 21.4 Å². The van der Waals surface area contributed by atoms with Gasteiger partial charge in [0, 0.05) is 18.0 Å². The summed E-state index contributed by atoms with van der Waals surface area (Å²) in [4.78, 5) is 24.8. The fraction of sp³-hybridized carbons (Fsp3) is 0.364. The first-order chi connectivity index (χ1) is 12.8. The summed E-state index contributed by atoms with van der Waals surface area (Å²) in [5.74, 6) is 0.299. The SMILES string of the molecule is CC(C)(C)c1ccc(SCC(=O)NCCNC(=O)Cc2ccccc2)cc1. The number of nitrogens with one attached hydrogen (secondary N) is 2. The molecule has 2 N–H and O–H groups in total. The van der Waals surface area contributed by atoms with Crippen molar-refractivity contribution < 1.29 is 9.59 Å². The van der Waals surface area contributed by atoms with E-state index in [4.69, 9.17) is 0 Å². The minimum absolute atomic E-state index is 0.0304. The Morgan fingerprint density at radius 2 is 1.44 bits per heavy atom. The second kappa shape index (κ2) is 10.2. The molecule has 0 aliphatic carbocycles. The molecule has 0 aliphatic heterocycles. The molecule has 0 fully saturated rings. The highest BCUT2D eigenvalue weighted by Gasteiger charge is 2.13. The summed E-state index contributed by atoms with van der Waals surface area (Å²) >= 11 is 1.51. The van der Waals surface area contributed by atoms with Gasteiger partial charge in [-0.1, -0.05) is 63.2 Å². The van der Waals surface area contributed by atoms with E-state index in [1.54, 1.807) is 0 Å². The highest BCUT2D eigenvalue weighted by atomic mass is 32.2. The number of carbonyl (C=O) groups excluding carboxylic acids is 2. The molecule has 2 amide bonds. The van der Waals surface area contributed by atoms with E-state index in [0.29, 0.717) is 25.3 Å². The van der Waals surface area contributed by atoms with Crippen LogP contribution in [0, 0.1) is 0 Å². The van der Waals surface area contributed by atoms with Crippen molar-refractivity contribution in [3.63, 3.8) is 0 Å². The smallest absolute Gasteiger partial charge is 0.230 e. The van der Waals surface area contributed by atoms with Gasteiger partial charge < -0.3 is 10.6 Å². The van der Waals surface area contributed by atoms with E-state index >= 15 is 0 Å². The monoisotopic (exact) mass is 384 g/mol. The van der Waals surface area contributed by atoms with E-state index in [-0.39, 0.29) is 17.2 Å². The second-order valence-electron chi connectivity index (χ2n) is 7.43. The zero-order valence-corrected chi connectivity index (χ0v) is 17.1. The van der Waals surface area contributed by atoms with Crippen molar-refractivity contribution in [3.8, 4) is 0 Å². The first kappa shape index (κ1) is 21.0. The molecule has 0 aromatic heterocycles. The summed E-state index contributed by atoms with van der Waals surface area (Å²) in [7, 11) is 0. The van der Waals surface area contributed by atoms with Crippen molar-refractivity contribution in [2.24, 2.45) is 0 Å². The third-order valence-corrected chi connectivity index (χ3v) is 5.08. The van der Waals surface area contributed by atoms with Crippen LogP contribution in [0.1, 0.15) is 31.9 Å². The summed E-state index contributed by atoms with van der Waals surface area (Å²) in [6.45, 7) is 7.41. The minimum atomic E-state index is -0.0382. The topological polar surface area (TPSA) is 58.2 Å². The molecule has 0 saturated carbocycles. The predicted octanol–water partition coefficient (Wildman–Crippen LogP) is 3.55. The van der Waals surface area contributed by atoms with Crippen LogP contribution in [0.15, 0.2) is 59.5 Å². The lowest BCUT2D eigenvalue weighted by molar-refractivity contribution is -0.121. The molecule has 0 aliphatic rings. The van der Waals surface area contributed by atoms with Crippen molar-refractivity contribution in [1.29, 1.82) is 0 Å². The lowest BCUT2D eigenvalue weighted by Crippen LogP contribution is -2.36. The average molecular weight is 385 g/mol. The molecular formula is C22H28N2O2S. The molecule has 0 spiro atoms. The predicted molar refractivity (Wildman–Crippen MR) is 112 cm³/mol. The van der Waals surface area contributed by atoms with Crippen LogP contribution in [0.2, 0.25) is 0 Å². The molecule has 0 saturated heterocycles. The number of carbonyl (C=O) groups is 2. The maximum atomic E-state index is 11.9. The summed E-state index contributed by atoms with van der Waals surface area (Å²) in [6.07, 6.45) is 0.356. The maximum Gasteiger partial charge on any atom is 0.230 e. The number of benzene rings is 2. The van der Waals surface area contributed by atoms with Crippen LogP contribution in [0.4, 0.5) is 0 Å². The number of rotatable bonds is 8. The normalized spacial score (nSPS) is 11.1. The Morgan fingerprint density at radius 1 is 0.852 bits per heavy atom. The quantitative estimate of drug-likeness (QED) is 0.540. The van der Waals surface area contributed by atoms with Gasteiger partial charge in [0.15, 0.2) is 0 Å². The Labute approximate surface area is 166 Å². The Hall–Kier alpha value is -2.27.